The first-order valence-corrected chi connectivity index (χ1v) is 4.57. The van der Waals surface area contributed by atoms with E-state index in [1.165, 1.54) is 12.3 Å². The Balaban J connectivity index is 2.72. The van der Waals surface area contributed by atoms with Gasteiger partial charge in [0, 0.05) is 12.6 Å². The van der Waals surface area contributed by atoms with E-state index in [2.05, 4.69) is 10.4 Å². The number of nitrogens with two attached hydrogens (primary N) is 1. The van der Waals surface area contributed by atoms with Crippen LogP contribution in [0.3, 0.4) is 0 Å². The maximum absolute atomic E-state index is 13.2. The SMILES string of the molecule is NNC(CCC(F)(F)F)c1ncccc1F. The van der Waals surface area contributed by atoms with Crippen molar-refractivity contribution in [2.45, 2.75) is 25.1 Å². The predicted molar refractivity (Wildman–Crippen MR) is 49.5 cm³/mol. The molecule has 1 unspecified atom stereocenters. The lowest BCUT2D eigenvalue weighted by molar-refractivity contribution is -0.136. The Bertz CT molecular complexity index is 340. The Kier molecular flexibility index (Phi) is 4.19. The molecule has 0 radical (unpaired) electrons. The van der Waals surface area contributed by atoms with Gasteiger partial charge in [0.1, 0.15) is 5.82 Å². The molecule has 3 N–H and O–H groups in total. The number of rotatable bonds is 4. The molecule has 1 atom stereocenters. The molecule has 0 bridgehead atoms. The number of hydrazine groups is 1. The van der Waals surface area contributed by atoms with Crippen LogP contribution >= 0.6 is 0 Å². The van der Waals surface area contributed by atoms with Gasteiger partial charge in [-0.1, -0.05) is 0 Å². The van der Waals surface area contributed by atoms with Crippen LogP contribution in [0.1, 0.15) is 24.6 Å². The second-order valence-electron chi connectivity index (χ2n) is 3.24. The summed E-state index contributed by atoms with van der Waals surface area (Å²) >= 11 is 0. The molecule has 0 aromatic carbocycles. The van der Waals surface area contributed by atoms with Gasteiger partial charge in [-0.15, -0.1) is 0 Å². The Morgan fingerprint density at radius 1 is 1.44 bits per heavy atom. The molecular formula is C9H11F4N3. The molecular weight excluding hydrogens is 226 g/mol. The van der Waals surface area contributed by atoms with Gasteiger partial charge in [0.2, 0.25) is 0 Å². The van der Waals surface area contributed by atoms with E-state index in [-0.39, 0.29) is 12.1 Å². The number of hydrogen-bond donors (Lipinski definition) is 2. The zero-order chi connectivity index (χ0) is 12.2. The van der Waals surface area contributed by atoms with Gasteiger partial charge < -0.3 is 0 Å². The number of pyridine rings is 1. The average molecular weight is 237 g/mol. The first-order chi connectivity index (χ1) is 7.44. The van der Waals surface area contributed by atoms with E-state index < -0.39 is 24.5 Å². The molecule has 0 saturated heterocycles. The minimum absolute atomic E-state index is 0.103. The van der Waals surface area contributed by atoms with Gasteiger partial charge in [0.25, 0.3) is 0 Å². The Labute approximate surface area is 89.6 Å². The number of nitrogens with zero attached hydrogens (tertiary/aromatic N) is 1. The van der Waals surface area contributed by atoms with Gasteiger partial charge >= 0.3 is 6.18 Å². The second-order valence-corrected chi connectivity index (χ2v) is 3.24. The van der Waals surface area contributed by atoms with Crippen molar-refractivity contribution in [2.24, 2.45) is 5.84 Å². The summed E-state index contributed by atoms with van der Waals surface area (Å²) in [5.41, 5.74) is 2.03. The highest BCUT2D eigenvalue weighted by molar-refractivity contribution is 5.11. The molecule has 0 fully saturated rings. The van der Waals surface area contributed by atoms with Crippen LogP contribution in [0.25, 0.3) is 0 Å². The number of aromatic nitrogens is 1. The predicted octanol–water partition coefficient (Wildman–Crippen LogP) is 2.07. The number of halogens is 4. The normalized spacial score (nSPS) is 13.8. The van der Waals surface area contributed by atoms with Crippen LogP contribution in [0.5, 0.6) is 0 Å². The lowest BCUT2D eigenvalue weighted by Gasteiger charge is -2.16. The van der Waals surface area contributed by atoms with Crippen molar-refractivity contribution >= 4 is 0 Å². The Morgan fingerprint density at radius 3 is 2.62 bits per heavy atom. The van der Waals surface area contributed by atoms with Crippen molar-refractivity contribution in [1.29, 1.82) is 0 Å². The Morgan fingerprint density at radius 2 is 2.12 bits per heavy atom. The third kappa shape index (κ3) is 3.74. The molecule has 3 nitrogen and oxygen atoms in total. The van der Waals surface area contributed by atoms with Gasteiger partial charge in [0.15, 0.2) is 0 Å². The van der Waals surface area contributed by atoms with Crippen LogP contribution in [-0.2, 0) is 0 Å². The molecule has 1 heterocycles. The van der Waals surface area contributed by atoms with E-state index in [0.717, 1.165) is 6.07 Å². The minimum atomic E-state index is -4.29. The molecule has 0 amide bonds. The summed E-state index contributed by atoms with van der Waals surface area (Å²) < 4.78 is 49.2. The minimum Gasteiger partial charge on any atom is -0.271 e. The molecule has 0 aliphatic heterocycles. The maximum atomic E-state index is 13.2. The maximum Gasteiger partial charge on any atom is 0.389 e. The molecule has 0 saturated carbocycles. The standard InChI is InChI=1S/C9H11F4N3/c10-6-2-1-5-15-8(6)7(16-14)3-4-9(11,12)13/h1-2,5,7,16H,3-4,14H2. The molecule has 0 spiro atoms. The van der Waals surface area contributed by atoms with Gasteiger partial charge in [-0.3, -0.25) is 16.3 Å². The number of alkyl halides is 3. The molecule has 7 heteroatoms. The number of hydrogen-bond acceptors (Lipinski definition) is 3. The average Bonchev–Trinajstić information content (AvgIpc) is 2.20. The third-order valence-electron chi connectivity index (χ3n) is 2.03. The monoisotopic (exact) mass is 237 g/mol. The number of nitrogens with one attached hydrogen (secondary N) is 1. The summed E-state index contributed by atoms with van der Waals surface area (Å²) in [5, 5.41) is 0. The molecule has 1 rings (SSSR count). The van der Waals surface area contributed by atoms with Crippen LogP contribution in [0.4, 0.5) is 17.6 Å². The molecule has 0 aliphatic rings. The highest BCUT2D eigenvalue weighted by Gasteiger charge is 2.29. The van der Waals surface area contributed by atoms with Crippen molar-refractivity contribution in [3.05, 3.63) is 29.8 Å². The molecule has 0 aliphatic carbocycles. The van der Waals surface area contributed by atoms with Crippen LogP contribution < -0.4 is 11.3 Å². The van der Waals surface area contributed by atoms with E-state index in [4.69, 9.17) is 5.84 Å². The first-order valence-electron chi connectivity index (χ1n) is 4.57. The van der Waals surface area contributed by atoms with Crippen molar-refractivity contribution in [1.82, 2.24) is 10.4 Å². The summed E-state index contributed by atoms with van der Waals surface area (Å²) in [6, 6.07) is 1.54. The van der Waals surface area contributed by atoms with Crippen molar-refractivity contribution in [3.63, 3.8) is 0 Å². The lowest BCUT2D eigenvalue weighted by Crippen LogP contribution is -2.30. The van der Waals surface area contributed by atoms with Crippen LogP contribution in [-0.4, -0.2) is 11.2 Å². The van der Waals surface area contributed by atoms with Crippen LogP contribution in [0.15, 0.2) is 18.3 Å². The van der Waals surface area contributed by atoms with Gasteiger partial charge in [-0.25, -0.2) is 4.39 Å². The van der Waals surface area contributed by atoms with E-state index in [1.54, 1.807) is 0 Å². The van der Waals surface area contributed by atoms with E-state index in [9.17, 15) is 17.6 Å². The van der Waals surface area contributed by atoms with Crippen LogP contribution in [0, 0.1) is 5.82 Å². The van der Waals surface area contributed by atoms with Crippen molar-refractivity contribution in [2.75, 3.05) is 0 Å². The van der Waals surface area contributed by atoms with Crippen molar-refractivity contribution in [3.8, 4) is 0 Å². The summed E-state index contributed by atoms with van der Waals surface area (Å²) in [5.74, 6) is 4.41. The highest BCUT2D eigenvalue weighted by Crippen LogP contribution is 2.27. The topological polar surface area (TPSA) is 50.9 Å². The highest BCUT2D eigenvalue weighted by atomic mass is 19.4. The summed E-state index contributed by atoms with van der Waals surface area (Å²) in [6.45, 7) is 0. The van der Waals surface area contributed by atoms with E-state index >= 15 is 0 Å². The van der Waals surface area contributed by atoms with Gasteiger partial charge in [-0.2, -0.15) is 13.2 Å². The third-order valence-corrected chi connectivity index (χ3v) is 2.03. The van der Waals surface area contributed by atoms with Gasteiger partial charge in [0.05, 0.1) is 11.7 Å². The molecule has 90 valence electrons. The fourth-order valence-electron chi connectivity index (χ4n) is 1.26. The second kappa shape index (κ2) is 5.22. The molecule has 1 aromatic heterocycles. The largest absolute Gasteiger partial charge is 0.389 e. The zero-order valence-corrected chi connectivity index (χ0v) is 8.26. The summed E-state index contributed by atoms with van der Waals surface area (Å²) in [4.78, 5) is 3.67. The molecule has 1 aromatic rings. The fraction of sp³-hybridized carbons (Fsp3) is 0.444. The summed E-state index contributed by atoms with van der Waals surface area (Å²) in [7, 11) is 0. The quantitative estimate of drug-likeness (QED) is 0.479. The van der Waals surface area contributed by atoms with Gasteiger partial charge in [-0.05, 0) is 18.6 Å². The van der Waals surface area contributed by atoms with Crippen molar-refractivity contribution < 1.29 is 17.6 Å². The first kappa shape index (κ1) is 12.9. The molecule has 16 heavy (non-hydrogen) atoms. The zero-order valence-electron chi connectivity index (χ0n) is 8.26. The Hall–Kier alpha value is -1.21. The lowest BCUT2D eigenvalue weighted by atomic mass is 10.1. The summed E-state index contributed by atoms with van der Waals surface area (Å²) in [6.07, 6.45) is -4.39. The smallest absolute Gasteiger partial charge is 0.271 e. The van der Waals surface area contributed by atoms with E-state index in [1.807, 2.05) is 0 Å². The van der Waals surface area contributed by atoms with Crippen LogP contribution in [0.2, 0.25) is 0 Å². The fourth-order valence-corrected chi connectivity index (χ4v) is 1.26. The van der Waals surface area contributed by atoms with E-state index in [0.29, 0.717) is 0 Å².